The van der Waals surface area contributed by atoms with Crippen LogP contribution in [0.5, 0.6) is 11.5 Å². The van der Waals surface area contributed by atoms with Gasteiger partial charge in [0.2, 0.25) is 11.8 Å². The number of rotatable bonds is 10. The van der Waals surface area contributed by atoms with Crippen molar-refractivity contribution in [1.29, 1.82) is 0 Å². The molecule has 0 aliphatic carbocycles. The van der Waals surface area contributed by atoms with Gasteiger partial charge in [-0.3, -0.25) is 14.4 Å². The molecule has 8 heteroatoms. The van der Waals surface area contributed by atoms with E-state index in [9.17, 15) is 14.4 Å². The van der Waals surface area contributed by atoms with Gasteiger partial charge >= 0.3 is 0 Å². The van der Waals surface area contributed by atoms with E-state index in [1.807, 2.05) is 55.5 Å². The van der Waals surface area contributed by atoms with Crippen molar-refractivity contribution in [2.24, 2.45) is 5.92 Å². The van der Waals surface area contributed by atoms with Crippen LogP contribution in [0.25, 0.3) is 0 Å². The Morgan fingerprint density at radius 3 is 2.54 bits per heavy atom. The van der Waals surface area contributed by atoms with E-state index in [2.05, 4.69) is 10.6 Å². The molecule has 1 saturated heterocycles. The van der Waals surface area contributed by atoms with Crippen LogP contribution in [0.1, 0.15) is 35.7 Å². The third-order valence-electron chi connectivity index (χ3n) is 6.13. The summed E-state index contributed by atoms with van der Waals surface area (Å²) in [5.41, 5.74) is 2.37. The zero-order valence-electron chi connectivity index (χ0n) is 21.0. The Hall–Kier alpha value is -4.33. The minimum atomic E-state index is -0.531. The van der Waals surface area contributed by atoms with Crippen LogP contribution in [0.4, 0.5) is 11.4 Å². The van der Waals surface area contributed by atoms with Gasteiger partial charge in [0.1, 0.15) is 11.5 Å². The number of nitrogens with zero attached hydrogens (tertiary/aromatic N) is 1. The van der Waals surface area contributed by atoms with E-state index in [1.54, 1.807) is 36.3 Å². The molecule has 0 saturated carbocycles. The molecule has 3 amide bonds. The van der Waals surface area contributed by atoms with Crippen LogP contribution in [-0.2, 0) is 16.1 Å². The molecule has 0 radical (unpaired) electrons. The standard InChI is InChI=1S/C29H31N3O5/c1-3-15-37-23-13-11-22(12-14-23)32-19-21(17-27(32)33)28(34)31-26-10-5-4-9-25(26)29(35)30-18-20-7-6-8-24(16-20)36-2/h4-14,16,21H,3,15,17-19H2,1-2H3,(H,30,35)(H,31,34)/t21-/m0/s1. The van der Waals surface area contributed by atoms with Crippen molar-refractivity contribution in [2.75, 3.05) is 30.5 Å². The first-order valence-corrected chi connectivity index (χ1v) is 12.3. The summed E-state index contributed by atoms with van der Waals surface area (Å²) in [6.45, 7) is 3.25. The van der Waals surface area contributed by atoms with E-state index in [0.717, 1.165) is 23.4 Å². The van der Waals surface area contributed by atoms with Crippen LogP contribution in [0, 0.1) is 5.92 Å². The number of methoxy groups -OCH3 is 1. The van der Waals surface area contributed by atoms with Gasteiger partial charge in [-0.2, -0.15) is 0 Å². The maximum Gasteiger partial charge on any atom is 0.253 e. The average Bonchev–Trinajstić information content (AvgIpc) is 3.33. The minimum absolute atomic E-state index is 0.101. The van der Waals surface area contributed by atoms with Gasteiger partial charge in [0.15, 0.2) is 0 Å². The van der Waals surface area contributed by atoms with Gasteiger partial charge in [-0.05, 0) is 60.5 Å². The van der Waals surface area contributed by atoms with E-state index in [0.29, 0.717) is 30.2 Å². The molecule has 1 atom stereocenters. The molecule has 0 aromatic heterocycles. The lowest BCUT2D eigenvalue weighted by Gasteiger charge is -2.18. The predicted molar refractivity (Wildman–Crippen MR) is 142 cm³/mol. The smallest absolute Gasteiger partial charge is 0.253 e. The summed E-state index contributed by atoms with van der Waals surface area (Å²) in [6, 6.07) is 21.6. The summed E-state index contributed by atoms with van der Waals surface area (Å²) < 4.78 is 10.8. The third kappa shape index (κ3) is 6.46. The largest absolute Gasteiger partial charge is 0.497 e. The lowest BCUT2D eigenvalue weighted by Crippen LogP contribution is -2.29. The summed E-state index contributed by atoms with van der Waals surface area (Å²) >= 11 is 0. The molecule has 192 valence electrons. The van der Waals surface area contributed by atoms with E-state index >= 15 is 0 Å². The molecule has 0 bridgehead atoms. The van der Waals surface area contributed by atoms with Crippen molar-refractivity contribution in [1.82, 2.24) is 5.32 Å². The van der Waals surface area contributed by atoms with Gasteiger partial charge in [-0.25, -0.2) is 0 Å². The fourth-order valence-corrected chi connectivity index (χ4v) is 4.16. The topological polar surface area (TPSA) is 97.0 Å². The van der Waals surface area contributed by atoms with Crippen LogP contribution in [0.15, 0.2) is 72.8 Å². The molecular formula is C29H31N3O5. The Bertz CT molecular complexity index is 1260. The van der Waals surface area contributed by atoms with Gasteiger partial charge in [0.25, 0.3) is 5.91 Å². The molecule has 3 aromatic carbocycles. The van der Waals surface area contributed by atoms with Crippen molar-refractivity contribution in [3.8, 4) is 11.5 Å². The number of hydrogen-bond donors (Lipinski definition) is 2. The summed E-state index contributed by atoms with van der Waals surface area (Å²) in [6.07, 6.45) is 1.01. The molecule has 0 spiro atoms. The number of nitrogens with one attached hydrogen (secondary N) is 2. The zero-order valence-corrected chi connectivity index (χ0v) is 21.0. The van der Waals surface area contributed by atoms with Crippen molar-refractivity contribution in [3.63, 3.8) is 0 Å². The number of carbonyl (C=O) groups is 3. The minimum Gasteiger partial charge on any atom is -0.497 e. The molecule has 37 heavy (non-hydrogen) atoms. The van der Waals surface area contributed by atoms with Crippen LogP contribution in [0.3, 0.4) is 0 Å². The quantitative estimate of drug-likeness (QED) is 0.429. The molecule has 1 heterocycles. The lowest BCUT2D eigenvalue weighted by molar-refractivity contribution is -0.122. The Labute approximate surface area is 216 Å². The van der Waals surface area contributed by atoms with Crippen LogP contribution >= 0.6 is 0 Å². The number of hydrogen-bond acceptors (Lipinski definition) is 5. The summed E-state index contributed by atoms with van der Waals surface area (Å²) in [5, 5.41) is 5.74. The number of amides is 3. The fourth-order valence-electron chi connectivity index (χ4n) is 4.16. The molecule has 1 aliphatic rings. The zero-order chi connectivity index (χ0) is 26.2. The first-order valence-electron chi connectivity index (χ1n) is 12.3. The van der Waals surface area contributed by atoms with E-state index < -0.39 is 5.92 Å². The predicted octanol–water partition coefficient (Wildman–Crippen LogP) is 4.41. The maximum absolute atomic E-state index is 13.1. The van der Waals surface area contributed by atoms with Gasteiger partial charge in [0, 0.05) is 25.2 Å². The molecule has 8 nitrogen and oxygen atoms in total. The highest BCUT2D eigenvalue weighted by Gasteiger charge is 2.35. The summed E-state index contributed by atoms with van der Waals surface area (Å²) in [4.78, 5) is 40.3. The summed E-state index contributed by atoms with van der Waals surface area (Å²) in [7, 11) is 1.59. The van der Waals surface area contributed by atoms with Crippen molar-refractivity contribution < 1.29 is 23.9 Å². The van der Waals surface area contributed by atoms with Crippen molar-refractivity contribution in [3.05, 3.63) is 83.9 Å². The Kier molecular flexibility index (Phi) is 8.40. The Morgan fingerprint density at radius 1 is 1.00 bits per heavy atom. The number of anilines is 2. The van der Waals surface area contributed by atoms with E-state index in [4.69, 9.17) is 9.47 Å². The maximum atomic E-state index is 13.1. The molecule has 2 N–H and O–H groups in total. The van der Waals surface area contributed by atoms with Gasteiger partial charge in [0.05, 0.1) is 30.9 Å². The summed E-state index contributed by atoms with van der Waals surface area (Å²) in [5.74, 6) is 0.191. The number of para-hydroxylation sites is 1. The number of ether oxygens (including phenoxy) is 2. The first-order chi connectivity index (χ1) is 18.0. The molecule has 4 rings (SSSR count). The van der Waals surface area contributed by atoms with Crippen LogP contribution in [-0.4, -0.2) is 38.0 Å². The monoisotopic (exact) mass is 501 g/mol. The Balaban J connectivity index is 1.38. The lowest BCUT2D eigenvalue weighted by atomic mass is 10.1. The molecule has 0 unspecified atom stereocenters. The van der Waals surface area contributed by atoms with Crippen LogP contribution < -0.4 is 25.0 Å². The molecule has 3 aromatic rings. The normalized spacial score (nSPS) is 14.8. The highest BCUT2D eigenvalue weighted by atomic mass is 16.5. The van der Waals surface area contributed by atoms with Gasteiger partial charge in [-0.15, -0.1) is 0 Å². The molecule has 1 aliphatic heterocycles. The Morgan fingerprint density at radius 2 is 1.78 bits per heavy atom. The second-order valence-corrected chi connectivity index (χ2v) is 8.82. The number of carbonyl (C=O) groups excluding carboxylic acids is 3. The average molecular weight is 502 g/mol. The first kappa shape index (κ1) is 25.8. The van der Waals surface area contributed by atoms with Gasteiger partial charge < -0.3 is 25.0 Å². The highest BCUT2D eigenvalue weighted by molar-refractivity contribution is 6.07. The van der Waals surface area contributed by atoms with Crippen molar-refractivity contribution >= 4 is 29.1 Å². The van der Waals surface area contributed by atoms with Gasteiger partial charge in [-0.1, -0.05) is 31.2 Å². The molecule has 1 fully saturated rings. The molecular weight excluding hydrogens is 470 g/mol. The SMILES string of the molecule is CCCOc1ccc(N2C[C@@H](C(=O)Nc3ccccc3C(=O)NCc3cccc(OC)c3)CC2=O)cc1. The van der Waals surface area contributed by atoms with Crippen LogP contribution in [0.2, 0.25) is 0 Å². The second kappa shape index (κ2) is 12.1. The fraction of sp³-hybridized carbons (Fsp3) is 0.276. The third-order valence-corrected chi connectivity index (χ3v) is 6.13. The number of benzene rings is 3. The highest BCUT2D eigenvalue weighted by Crippen LogP contribution is 2.28. The van der Waals surface area contributed by atoms with Crippen molar-refractivity contribution in [2.45, 2.75) is 26.3 Å². The van der Waals surface area contributed by atoms with E-state index in [-0.39, 0.29) is 30.7 Å². The second-order valence-electron chi connectivity index (χ2n) is 8.82. The van der Waals surface area contributed by atoms with E-state index in [1.165, 1.54) is 0 Å².